The van der Waals surface area contributed by atoms with Crippen molar-refractivity contribution in [2.24, 2.45) is 17.3 Å². The molecule has 0 bridgehead atoms. The van der Waals surface area contributed by atoms with Crippen molar-refractivity contribution in [2.75, 3.05) is 7.11 Å². The Balaban J connectivity index is 2.78. The van der Waals surface area contributed by atoms with Crippen LogP contribution in [0.3, 0.4) is 0 Å². The summed E-state index contributed by atoms with van der Waals surface area (Å²) in [4.78, 5) is 21.9. The number of esters is 1. The predicted octanol–water partition coefficient (Wildman–Crippen LogP) is 1.79. The van der Waals surface area contributed by atoms with Crippen LogP contribution in [0.2, 0.25) is 0 Å². The van der Waals surface area contributed by atoms with Gasteiger partial charge >= 0.3 is 11.9 Å². The average molecular weight is 277 g/mol. The van der Waals surface area contributed by atoms with Gasteiger partial charge in [0.15, 0.2) is 0 Å². The first-order valence-electron chi connectivity index (χ1n) is 4.50. The van der Waals surface area contributed by atoms with Crippen LogP contribution in [-0.4, -0.2) is 24.2 Å². The Morgan fingerprint density at radius 1 is 1.47 bits per heavy atom. The minimum absolute atomic E-state index is 0.122. The van der Waals surface area contributed by atoms with Crippen molar-refractivity contribution in [3.63, 3.8) is 0 Å². The zero-order valence-electron chi connectivity index (χ0n) is 8.78. The number of carboxylic acids is 1. The Morgan fingerprint density at radius 2 is 2.00 bits per heavy atom. The molecule has 1 rings (SSSR count). The smallest absolute Gasteiger partial charge is 0.344 e. The lowest BCUT2D eigenvalue weighted by Gasteiger charge is -1.98. The van der Waals surface area contributed by atoms with E-state index in [2.05, 4.69) is 20.7 Å². The molecule has 84 valence electrons. The molecule has 0 aromatic carbocycles. The zero-order chi connectivity index (χ0) is 11.8. The molecule has 1 aliphatic carbocycles. The van der Waals surface area contributed by atoms with Crippen LogP contribution in [0.4, 0.5) is 0 Å². The van der Waals surface area contributed by atoms with Crippen molar-refractivity contribution >= 4 is 27.9 Å². The minimum atomic E-state index is -0.827. The summed E-state index contributed by atoms with van der Waals surface area (Å²) in [5.41, 5.74) is -0.293. The highest BCUT2D eigenvalue weighted by Gasteiger charge is 2.61. The van der Waals surface area contributed by atoms with Gasteiger partial charge in [-0.2, -0.15) is 0 Å². The molecule has 15 heavy (non-hydrogen) atoms. The number of methoxy groups -OCH3 is 1. The van der Waals surface area contributed by atoms with E-state index in [9.17, 15) is 9.59 Å². The van der Waals surface area contributed by atoms with Crippen molar-refractivity contribution in [3.05, 3.63) is 10.6 Å². The van der Waals surface area contributed by atoms with Crippen molar-refractivity contribution in [2.45, 2.75) is 13.8 Å². The van der Waals surface area contributed by atoms with E-state index in [0.29, 0.717) is 0 Å². The number of ether oxygens (including phenoxy) is 1. The Kier molecular flexibility index (Phi) is 3.23. The molecule has 0 unspecified atom stereocenters. The fourth-order valence-electron chi connectivity index (χ4n) is 1.78. The molecule has 0 aromatic heterocycles. The van der Waals surface area contributed by atoms with Crippen LogP contribution in [0, 0.1) is 17.3 Å². The van der Waals surface area contributed by atoms with E-state index in [-0.39, 0.29) is 15.8 Å². The Morgan fingerprint density at radius 3 is 2.33 bits per heavy atom. The van der Waals surface area contributed by atoms with E-state index < -0.39 is 17.9 Å². The van der Waals surface area contributed by atoms with Gasteiger partial charge in [0.05, 0.1) is 17.5 Å². The maximum Gasteiger partial charge on any atom is 0.344 e. The van der Waals surface area contributed by atoms with E-state index in [4.69, 9.17) is 5.11 Å². The third-order valence-electron chi connectivity index (χ3n) is 2.88. The minimum Gasteiger partial charge on any atom is -0.481 e. The molecule has 0 heterocycles. The van der Waals surface area contributed by atoms with Crippen LogP contribution in [0.15, 0.2) is 10.6 Å². The van der Waals surface area contributed by atoms with Crippen molar-refractivity contribution in [3.8, 4) is 0 Å². The Labute approximate surface area is 96.4 Å². The van der Waals surface area contributed by atoms with E-state index in [1.54, 1.807) is 6.08 Å². The maximum atomic E-state index is 11.1. The van der Waals surface area contributed by atoms with Gasteiger partial charge in [-0.3, -0.25) is 4.79 Å². The molecule has 5 heteroatoms. The monoisotopic (exact) mass is 276 g/mol. The average Bonchev–Trinajstić information content (AvgIpc) is 2.66. The maximum absolute atomic E-state index is 11.1. The molecule has 1 N–H and O–H groups in total. The van der Waals surface area contributed by atoms with E-state index in [1.807, 2.05) is 13.8 Å². The summed E-state index contributed by atoms with van der Waals surface area (Å²) in [7, 11) is 1.28. The number of allylic oxidation sites excluding steroid dienone is 1. The van der Waals surface area contributed by atoms with Crippen LogP contribution in [0.25, 0.3) is 0 Å². The molecular weight excluding hydrogens is 264 g/mol. The molecule has 1 fully saturated rings. The molecule has 4 nitrogen and oxygen atoms in total. The van der Waals surface area contributed by atoms with Crippen molar-refractivity contribution in [1.29, 1.82) is 0 Å². The zero-order valence-corrected chi connectivity index (χ0v) is 10.4. The molecule has 0 saturated heterocycles. The van der Waals surface area contributed by atoms with Gasteiger partial charge in [0.1, 0.15) is 0 Å². The lowest BCUT2D eigenvalue weighted by Crippen LogP contribution is -2.03. The number of rotatable bonds is 3. The highest BCUT2D eigenvalue weighted by Crippen LogP contribution is 2.59. The Hall–Kier alpha value is -0.840. The van der Waals surface area contributed by atoms with E-state index in [0.717, 1.165) is 0 Å². The van der Waals surface area contributed by atoms with Crippen LogP contribution in [0.5, 0.6) is 0 Å². The quantitative estimate of drug-likeness (QED) is 0.631. The summed E-state index contributed by atoms with van der Waals surface area (Å²) in [5.74, 6) is -1.86. The number of hydrogen-bond acceptors (Lipinski definition) is 3. The number of hydrogen-bond donors (Lipinski definition) is 1. The largest absolute Gasteiger partial charge is 0.481 e. The van der Waals surface area contributed by atoms with Gasteiger partial charge in [0, 0.05) is 0 Å². The number of carbonyl (C=O) groups is 2. The number of carboxylic acid groups (broad SMARTS) is 1. The SMILES string of the molecule is COC(=O)/C(Br)=C\[C@H]1[C@@H](C(=O)O)C1(C)C. The highest BCUT2D eigenvalue weighted by atomic mass is 79.9. The second-order valence-corrected chi connectivity index (χ2v) is 5.02. The van der Waals surface area contributed by atoms with Gasteiger partial charge in [0.25, 0.3) is 0 Å². The summed E-state index contributed by atoms with van der Waals surface area (Å²) >= 11 is 3.07. The van der Waals surface area contributed by atoms with Gasteiger partial charge in [-0.15, -0.1) is 0 Å². The van der Waals surface area contributed by atoms with Gasteiger partial charge in [0.2, 0.25) is 0 Å². The second-order valence-electron chi connectivity index (χ2n) is 4.17. The second kappa shape index (κ2) is 3.96. The van der Waals surface area contributed by atoms with Gasteiger partial charge in [-0.1, -0.05) is 19.9 Å². The van der Waals surface area contributed by atoms with Crippen molar-refractivity contribution < 1.29 is 19.4 Å². The molecule has 0 aliphatic heterocycles. The summed E-state index contributed by atoms with van der Waals surface area (Å²) in [6.07, 6.45) is 1.62. The summed E-state index contributed by atoms with van der Waals surface area (Å²) in [6.45, 7) is 3.73. The van der Waals surface area contributed by atoms with Crippen LogP contribution < -0.4 is 0 Å². The molecule has 2 atom stereocenters. The fourth-order valence-corrected chi connectivity index (χ4v) is 2.23. The van der Waals surface area contributed by atoms with Gasteiger partial charge in [-0.05, 0) is 27.3 Å². The first-order chi connectivity index (χ1) is 6.82. The van der Waals surface area contributed by atoms with E-state index in [1.165, 1.54) is 7.11 Å². The lowest BCUT2D eigenvalue weighted by molar-refractivity contribution is -0.139. The van der Waals surface area contributed by atoms with Gasteiger partial charge < -0.3 is 9.84 Å². The number of aliphatic carboxylic acids is 1. The summed E-state index contributed by atoms with van der Waals surface area (Å²) in [6, 6.07) is 0. The molecule has 0 spiro atoms. The summed E-state index contributed by atoms with van der Waals surface area (Å²) < 4.78 is 4.79. The summed E-state index contributed by atoms with van der Waals surface area (Å²) in [5, 5.41) is 8.91. The number of carbonyl (C=O) groups excluding carboxylic acids is 1. The third-order valence-corrected chi connectivity index (χ3v) is 3.47. The standard InChI is InChI=1S/C10H13BrO4/c1-10(2)5(7(10)8(12)13)4-6(11)9(14)15-3/h4-5,7H,1-3H3,(H,12,13)/b6-4+/t5-,7-/m0/s1. The fraction of sp³-hybridized carbons (Fsp3) is 0.600. The number of halogens is 1. The van der Waals surface area contributed by atoms with Gasteiger partial charge in [-0.25, -0.2) is 4.79 Å². The Bertz CT molecular complexity index is 332. The molecule has 1 aliphatic rings. The first-order valence-corrected chi connectivity index (χ1v) is 5.30. The van der Waals surface area contributed by atoms with E-state index >= 15 is 0 Å². The molecule has 0 amide bonds. The van der Waals surface area contributed by atoms with Crippen LogP contribution >= 0.6 is 15.9 Å². The first kappa shape index (κ1) is 12.2. The molecular formula is C10H13BrO4. The van der Waals surface area contributed by atoms with Crippen molar-refractivity contribution in [1.82, 2.24) is 0 Å². The molecule has 0 radical (unpaired) electrons. The third kappa shape index (κ3) is 2.22. The highest BCUT2D eigenvalue weighted by molar-refractivity contribution is 9.12. The topological polar surface area (TPSA) is 63.6 Å². The molecule has 0 aromatic rings. The normalized spacial score (nSPS) is 28.4. The predicted molar refractivity (Wildman–Crippen MR) is 57.4 cm³/mol. The lowest BCUT2D eigenvalue weighted by atomic mass is 10.1. The van der Waals surface area contributed by atoms with Crippen LogP contribution in [-0.2, 0) is 14.3 Å². The van der Waals surface area contributed by atoms with Crippen LogP contribution in [0.1, 0.15) is 13.8 Å². The molecule has 1 saturated carbocycles.